The highest BCUT2D eigenvalue weighted by molar-refractivity contribution is 5.79. The molecule has 1 aliphatic heterocycles. The normalized spacial score (nSPS) is 20.4. The van der Waals surface area contributed by atoms with Crippen LogP contribution in [0.2, 0.25) is 0 Å². The number of alkyl carbamates (subject to hydrolysis) is 1. The van der Waals surface area contributed by atoms with E-state index in [-0.39, 0.29) is 30.9 Å². The van der Waals surface area contributed by atoms with Gasteiger partial charge < -0.3 is 20.5 Å². The molecule has 6 nitrogen and oxygen atoms in total. The molecule has 2 atom stereocenters. The van der Waals surface area contributed by atoms with Crippen molar-refractivity contribution in [2.75, 3.05) is 19.7 Å². The van der Waals surface area contributed by atoms with Crippen molar-refractivity contribution in [1.82, 2.24) is 10.6 Å². The number of amides is 1. The maximum Gasteiger partial charge on any atom is 0.407 e. The lowest BCUT2D eigenvalue weighted by Gasteiger charge is -2.19. The zero-order valence-corrected chi connectivity index (χ0v) is 15.6. The molecule has 2 aromatic rings. The van der Waals surface area contributed by atoms with Gasteiger partial charge in [-0.25, -0.2) is 4.79 Å². The third kappa shape index (κ3) is 3.73. The van der Waals surface area contributed by atoms with Crippen LogP contribution in [0.15, 0.2) is 48.5 Å². The van der Waals surface area contributed by atoms with Gasteiger partial charge in [-0.05, 0) is 41.1 Å². The van der Waals surface area contributed by atoms with Gasteiger partial charge in [-0.1, -0.05) is 48.5 Å². The van der Waals surface area contributed by atoms with E-state index < -0.39 is 12.1 Å². The van der Waals surface area contributed by atoms with Gasteiger partial charge in [0.15, 0.2) is 0 Å². The number of rotatable bonds is 6. The van der Waals surface area contributed by atoms with Crippen LogP contribution in [0.3, 0.4) is 0 Å². The number of carbonyl (C=O) groups is 2. The van der Waals surface area contributed by atoms with Crippen molar-refractivity contribution in [3.8, 4) is 11.1 Å². The molecule has 3 N–H and O–H groups in total. The van der Waals surface area contributed by atoms with E-state index >= 15 is 0 Å². The molecule has 0 spiro atoms. The smallest absolute Gasteiger partial charge is 0.407 e. The summed E-state index contributed by atoms with van der Waals surface area (Å²) >= 11 is 0. The van der Waals surface area contributed by atoms with Crippen molar-refractivity contribution in [3.63, 3.8) is 0 Å². The number of carboxylic acid groups (broad SMARTS) is 1. The predicted molar refractivity (Wildman–Crippen MR) is 105 cm³/mol. The lowest BCUT2D eigenvalue weighted by Crippen LogP contribution is -2.37. The SMILES string of the molecule is O=C(O)C[C@H]1NCC[C@@H]1CNC(=O)OCC1c2ccccc2-c2ccccc21. The predicted octanol–water partition coefficient (Wildman–Crippen LogP) is 2.98. The van der Waals surface area contributed by atoms with Crippen LogP contribution < -0.4 is 10.6 Å². The van der Waals surface area contributed by atoms with Crippen LogP contribution in [0, 0.1) is 5.92 Å². The van der Waals surface area contributed by atoms with Crippen molar-refractivity contribution in [3.05, 3.63) is 59.7 Å². The van der Waals surface area contributed by atoms with E-state index in [4.69, 9.17) is 9.84 Å². The maximum absolute atomic E-state index is 12.2. The second kappa shape index (κ2) is 8.02. The molecule has 4 rings (SSSR count). The molecule has 0 unspecified atom stereocenters. The lowest BCUT2D eigenvalue weighted by atomic mass is 9.98. The van der Waals surface area contributed by atoms with E-state index in [9.17, 15) is 9.59 Å². The van der Waals surface area contributed by atoms with E-state index in [0.717, 1.165) is 13.0 Å². The van der Waals surface area contributed by atoms with Gasteiger partial charge in [0.05, 0.1) is 6.42 Å². The molecular weight excluding hydrogens is 356 g/mol. The van der Waals surface area contributed by atoms with Gasteiger partial charge >= 0.3 is 12.1 Å². The fraction of sp³-hybridized carbons (Fsp3) is 0.364. The van der Waals surface area contributed by atoms with Crippen LogP contribution in [0.4, 0.5) is 4.79 Å². The van der Waals surface area contributed by atoms with Crippen LogP contribution in [0.25, 0.3) is 11.1 Å². The minimum atomic E-state index is -0.828. The highest BCUT2D eigenvalue weighted by Gasteiger charge is 2.30. The lowest BCUT2D eigenvalue weighted by molar-refractivity contribution is -0.137. The molecule has 146 valence electrons. The highest BCUT2D eigenvalue weighted by atomic mass is 16.5. The Kier molecular flexibility index (Phi) is 5.30. The van der Waals surface area contributed by atoms with Gasteiger partial charge in [-0.2, -0.15) is 0 Å². The zero-order valence-electron chi connectivity index (χ0n) is 15.6. The average Bonchev–Trinajstić information content (AvgIpc) is 3.26. The Morgan fingerprint density at radius 2 is 1.71 bits per heavy atom. The molecule has 1 saturated heterocycles. The Balaban J connectivity index is 1.35. The van der Waals surface area contributed by atoms with Gasteiger partial charge in [-0.3, -0.25) is 4.79 Å². The first-order chi connectivity index (χ1) is 13.6. The fourth-order valence-electron chi connectivity index (χ4n) is 4.36. The van der Waals surface area contributed by atoms with Crippen LogP contribution in [0.5, 0.6) is 0 Å². The molecule has 2 aromatic carbocycles. The minimum Gasteiger partial charge on any atom is -0.481 e. The van der Waals surface area contributed by atoms with E-state index in [0.29, 0.717) is 6.54 Å². The highest BCUT2D eigenvalue weighted by Crippen LogP contribution is 2.44. The molecule has 0 aromatic heterocycles. The molecule has 0 saturated carbocycles. The van der Waals surface area contributed by atoms with E-state index in [2.05, 4.69) is 34.9 Å². The van der Waals surface area contributed by atoms with Crippen molar-refractivity contribution >= 4 is 12.1 Å². The third-order valence-corrected chi connectivity index (χ3v) is 5.74. The zero-order chi connectivity index (χ0) is 19.5. The quantitative estimate of drug-likeness (QED) is 0.717. The number of carbonyl (C=O) groups excluding carboxylic acids is 1. The van der Waals surface area contributed by atoms with Crippen LogP contribution >= 0.6 is 0 Å². The molecule has 1 fully saturated rings. The third-order valence-electron chi connectivity index (χ3n) is 5.74. The summed E-state index contributed by atoms with van der Waals surface area (Å²) in [7, 11) is 0. The molecule has 28 heavy (non-hydrogen) atoms. The van der Waals surface area contributed by atoms with Gasteiger partial charge in [0, 0.05) is 18.5 Å². The Morgan fingerprint density at radius 3 is 2.36 bits per heavy atom. The van der Waals surface area contributed by atoms with Crippen LogP contribution in [-0.4, -0.2) is 42.9 Å². The summed E-state index contributed by atoms with van der Waals surface area (Å²) in [5.41, 5.74) is 4.75. The Bertz CT molecular complexity index is 837. The molecule has 1 aliphatic carbocycles. The van der Waals surface area contributed by atoms with Crippen molar-refractivity contribution in [2.45, 2.75) is 24.8 Å². The van der Waals surface area contributed by atoms with Gasteiger partial charge in [-0.15, -0.1) is 0 Å². The summed E-state index contributed by atoms with van der Waals surface area (Å²) in [6, 6.07) is 16.3. The summed E-state index contributed by atoms with van der Waals surface area (Å²) in [6.07, 6.45) is 0.460. The van der Waals surface area contributed by atoms with E-state index in [1.54, 1.807) is 0 Å². The first kappa shape index (κ1) is 18.5. The van der Waals surface area contributed by atoms with Gasteiger partial charge in [0.2, 0.25) is 0 Å². The standard InChI is InChI=1S/C22H24N2O4/c25-21(26)11-20-14(9-10-23-20)12-24-22(27)28-13-19-17-7-3-1-5-15(17)16-6-2-4-8-18(16)19/h1-8,14,19-20,23H,9-13H2,(H,24,27)(H,25,26)/t14-,20-/m1/s1. The largest absolute Gasteiger partial charge is 0.481 e. The summed E-state index contributed by atoms with van der Waals surface area (Å²) < 4.78 is 5.53. The number of aliphatic carboxylic acids is 1. The van der Waals surface area contributed by atoms with E-state index in [1.807, 2.05) is 24.3 Å². The van der Waals surface area contributed by atoms with Crippen molar-refractivity contribution < 1.29 is 19.4 Å². The average molecular weight is 380 g/mol. The number of hydrogen-bond acceptors (Lipinski definition) is 4. The molecule has 1 amide bonds. The molecule has 6 heteroatoms. The molecule has 0 bridgehead atoms. The molecule has 2 aliphatic rings. The van der Waals surface area contributed by atoms with Crippen molar-refractivity contribution in [1.29, 1.82) is 0 Å². The summed E-state index contributed by atoms with van der Waals surface area (Å²) in [6.45, 7) is 1.47. The topological polar surface area (TPSA) is 87.7 Å². The summed E-state index contributed by atoms with van der Waals surface area (Å²) in [4.78, 5) is 23.2. The first-order valence-corrected chi connectivity index (χ1v) is 9.67. The molecule has 0 radical (unpaired) electrons. The Morgan fingerprint density at radius 1 is 1.07 bits per heavy atom. The Hall–Kier alpha value is -2.86. The summed E-state index contributed by atoms with van der Waals surface area (Å²) in [5, 5.41) is 15.0. The van der Waals surface area contributed by atoms with E-state index in [1.165, 1.54) is 22.3 Å². The number of benzene rings is 2. The van der Waals surface area contributed by atoms with Gasteiger partial charge in [0.25, 0.3) is 0 Å². The number of fused-ring (bicyclic) bond motifs is 3. The molecular formula is C22H24N2O4. The summed E-state index contributed by atoms with van der Waals surface area (Å²) in [5.74, 6) is -0.687. The number of hydrogen-bond donors (Lipinski definition) is 3. The van der Waals surface area contributed by atoms with Crippen molar-refractivity contribution in [2.24, 2.45) is 5.92 Å². The number of carboxylic acids is 1. The fourth-order valence-corrected chi connectivity index (χ4v) is 4.36. The monoisotopic (exact) mass is 380 g/mol. The number of ether oxygens (including phenoxy) is 1. The second-order valence-corrected chi connectivity index (χ2v) is 7.41. The van der Waals surface area contributed by atoms with Crippen LogP contribution in [-0.2, 0) is 9.53 Å². The maximum atomic E-state index is 12.2. The second-order valence-electron chi connectivity index (χ2n) is 7.41. The van der Waals surface area contributed by atoms with Crippen LogP contribution in [0.1, 0.15) is 29.9 Å². The van der Waals surface area contributed by atoms with Gasteiger partial charge in [0.1, 0.15) is 6.61 Å². The Labute approximate surface area is 163 Å². The minimum absolute atomic E-state index is 0.0334. The number of nitrogens with one attached hydrogen (secondary N) is 2. The molecule has 1 heterocycles. The first-order valence-electron chi connectivity index (χ1n) is 9.67.